The second-order valence-electron chi connectivity index (χ2n) is 5.51. The fraction of sp³-hybridized carbons (Fsp3) is 0.111. The molecule has 0 spiro atoms. The highest BCUT2D eigenvalue weighted by atomic mass is 32.1. The van der Waals surface area contributed by atoms with Crippen LogP contribution in [0.1, 0.15) is 22.6 Å². The van der Waals surface area contributed by atoms with Gasteiger partial charge in [0.15, 0.2) is 0 Å². The molecule has 0 saturated heterocycles. The van der Waals surface area contributed by atoms with Gasteiger partial charge in [0.25, 0.3) is 5.69 Å². The van der Waals surface area contributed by atoms with Crippen molar-refractivity contribution in [3.63, 3.8) is 0 Å². The van der Waals surface area contributed by atoms with Crippen LogP contribution in [0.25, 0.3) is 21.9 Å². The number of carboxylic acids is 1. The lowest BCUT2D eigenvalue weighted by Crippen LogP contribution is -2.22. The molecule has 7 heteroatoms. The van der Waals surface area contributed by atoms with Crippen LogP contribution in [0.3, 0.4) is 0 Å². The molecule has 1 aromatic heterocycles. The molecule has 0 aliphatic rings. The molecule has 25 heavy (non-hydrogen) atoms. The molecule has 126 valence electrons. The lowest BCUT2D eigenvalue weighted by Gasteiger charge is -2.06. The number of benzene rings is 2. The zero-order chi connectivity index (χ0) is 18.0. The van der Waals surface area contributed by atoms with E-state index in [-0.39, 0.29) is 12.1 Å². The number of nitro benzene ring substituents is 1. The van der Waals surface area contributed by atoms with Gasteiger partial charge in [-0.1, -0.05) is 24.3 Å². The molecule has 0 aliphatic carbocycles. The van der Waals surface area contributed by atoms with Crippen LogP contribution in [-0.2, 0) is 4.79 Å². The summed E-state index contributed by atoms with van der Waals surface area (Å²) in [7, 11) is 0. The van der Waals surface area contributed by atoms with E-state index in [1.807, 2.05) is 24.3 Å². The van der Waals surface area contributed by atoms with Gasteiger partial charge >= 0.3 is 0 Å². The van der Waals surface area contributed by atoms with Crippen molar-refractivity contribution >= 4 is 44.9 Å². The van der Waals surface area contributed by atoms with Gasteiger partial charge in [0.05, 0.1) is 15.1 Å². The van der Waals surface area contributed by atoms with E-state index in [2.05, 4.69) is 4.98 Å². The van der Waals surface area contributed by atoms with Crippen molar-refractivity contribution in [1.82, 2.24) is 4.98 Å². The van der Waals surface area contributed by atoms with E-state index < -0.39 is 10.9 Å². The van der Waals surface area contributed by atoms with E-state index in [1.54, 1.807) is 25.1 Å². The van der Waals surface area contributed by atoms with Crippen molar-refractivity contribution in [3.8, 4) is 0 Å². The van der Waals surface area contributed by atoms with E-state index in [1.165, 1.54) is 17.4 Å². The number of carboxylic acid groups (broad SMARTS) is 1. The molecule has 0 bridgehead atoms. The number of aromatic nitrogens is 1. The Hall–Kier alpha value is -3.06. The molecular weight excluding hydrogens is 340 g/mol. The Labute approximate surface area is 147 Å². The first-order chi connectivity index (χ1) is 11.9. The standard InChI is InChI=1S/C18H14N2O4S/c1-11-6-7-12(9-15(11)20(23)24)8-13(10-17(21)22)18-19-14-4-2-3-5-16(14)25-18/h2-9H,10H2,1H3,(H,21,22)/p-1/b13-8+. The molecule has 0 atom stereocenters. The fourth-order valence-electron chi connectivity index (χ4n) is 2.47. The van der Waals surface area contributed by atoms with Gasteiger partial charge in [-0.2, -0.15) is 0 Å². The predicted molar refractivity (Wildman–Crippen MR) is 94.9 cm³/mol. The number of carbonyl (C=O) groups is 1. The third-order valence-corrected chi connectivity index (χ3v) is 4.79. The van der Waals surface area contributed by atoms with Gasteiger partial charge in [0.1, 0.15) is 5.01 Å². The average Bonchev–Trinajstić information content (AvgIpc) is 2.99. The summed E-state index contributed by atoms with van der Waals surface area (Å²) >= 11 is 1.38. The number of aliphatic carboxylic acids is 1. The number of hydrogen-bond donors (Lipinski definition) is 0. The number of carbonyl (C=O) groups excluding carboxylic acids is 1. The summed E-state index contributed by atoms with van der Waals surface area (Å²) in [5.41, 5.74) is 2.32. The first kappa shape index (κ1) is 16.8. The quantitative estimate of drug-likeness (QED) is 0.518. The lowest BCUT2D eigenvalue weighted by atomic mass is 10.1. The molecule has 1 heterocycles. The normalized spacial score (nSPS) is 11.6. The minimum atomic E-state index is -1.23. The van der Waals surface area contributed by atoms with E-state index in [4.69, 9.17) is 0 Å². The average molecular weight is 353 g/mol. The summed E-state index contributed by atoms with van der Waals surface area (Å²) in [5, 5.41) is 22.8. The SMILES string of the molecule is Cc1ccc(/C=C(\CC(=O)[O-])c2nc3ccccc3s2)cc1[N+](=O)[O-]. The number of thiazole rings is 1. The van der Waals surface area contributed by atoms with Gasteiger partial charge < -0.3 is 9.90 Å². The topological polar surface area (TPSA) is 96.2 Å². The van der Waals surface area contributed by atoms with Crippen molar-refractivity contribution in [2.45, 2.75) is 13.3 Å². The van der Waals surface area contributed by atoms with Crippen LogP contribution >= 0.6 is 11.3 Å². The molecule has 0 amide bonds. The fourth-order valence-corrected chi connectivity index (χ4v) is 3.45. The third-order valence-electron chi connectivity index (χ3n) is 3.67. The second kappa shape index (κ2) is 6.82. The van der Waals surface area contributed by atoms with Crippen LogP contribution < -0.4 is 5.11 Å². The van der Waals surface area contributed by atoms with Crippen molar-refractivity contribution in [3.05, 3.63) is 68.7 Å². The highest BCUT2D eigenvalue weighted by Crippen LogP contribution is 2.31. The summed E-state index contributed by atoms with van der Waals surface area (Å²) < 4.78 is 0.941. The number of fused-ring (bicyclic) bond motifs is 1. The molecular formula is C18H13N2O4S-. The Balaban J connectivity index is 2.09. The third kappa shape index (κ3) is 3.72. The van der Waals surface area contributed by atoms with Gasteiger partial charge in [0.2, 0.25) is 0 Å². The molecule has 0 aliphatic heterocycles. The summed E-state index contributed by atoms with van der Waals surface area (Å²) in [5.74, 6) is -1.23. The Morgan fingerprint density at radius 1 is 1.28 bits per heavy atom. The highest BCUT2D eigenvalue weighted by molar-refractivity contribution is 7.19. The number of hydrogen-bond acceptors (Lipinski definition) is 6. The van der Waals surface area contributed by atoms with Crippen LogP contribution in [-0.4, -0.2) is 15.9 Å². The lowest BCUT2D eigenvalue weighted by molar-refractivity contribution is -0.385. The highest BCUT2D eigenvalue weighted by Gasteiger charge is 2.13. The largest absolute Gasteiger partial charge is 0.550 e. The van der Waals surface area contributed by atoms with Gasteiger partial charge in [-0.15, -0.1) is 11.3 Å². The van der Waals surface area contributed by atoms with Crippen molar-refractivity contribution in [2.24, 2.45) is 0 Å². The number of nitro groups is 1. The van der Waals surface area contributed by atoms with Gasteiger partial charge in [-0.25, -0.2) is 4.98 Å². The molecule has 6 nitrogen and oxygen atoms in total. The van der Waals surface area contributed by atoms with Crippen molar-refractivity contribution < 1.29 is 14.8 Å². The van der Waals surface area contributed by atoms with Crippen LogP contribution in [0.4, 0.5) is 5.69 Å². The molecule has 0 fully saturated rings. The molecule has 3 rings (SSSR count). The summed E-state index contributed by atoms with van der Waals surface area (Å²) in [4.78, 5) is 26.2. The number of nitrogens with zero attached hydrogens (tertiary/aromatic N) is 2. The van der Waals surface area contributed by atoms with Crippen molar-refractivity contribution in [1.29, 1.82) is 0 Å². The zero-order valence-electron chi connectivity index (χ0n) is 13.3. The van der Waals surface area contributed by atoms with Crippen molar-refractivity contribution in [2.75, 3.05) is 0 Å². The van der Waals surface area contributed by atoms with E-state index >= 15 is 0 Å². The molecule has 0 N–H and O–H groups in total. The number of aryl methyl sites for hydroxylation is 1. The van der Waals surface area contributed by atoms with E-state index in [0.717, 1.165) is 10.2 Å². The van der Waals surface area contributed by atoms with E-state index in [0.29, 0.717) is 21.7 Å². The number of rotatable bonds is 5. The maximum absolute atomic E-state index is 11.1. The predicted octanol–water partition coefficient (Wildman–Crippen LogP) is 3.19. The Bertz CT molecular complexity index is 974. The van der Waals surface area contributed by atoms with Crippen LogP contribution in [0.15, 0.2) is 42.5 Å². The first-order valence-electron chi connectivity index (χ1n) is 7.45. The minimum Gasteiger partial charge on any atom is -0.550 e. The minimum absolute atomic E-state index is 0.00847. The maximum atomic E-state index is 11.1. The van der Waals surface area contributed by atoms with Gasteiger partial charge in [0, 0.05) is 24.0 Å². The van der Waals surface area contributed by atoms with Crippen LogP contribution in [0.2, 0.25) is 0 Å². The van der Waals surface area contributed by atoms with E-state index in [9.17, 15) is 20.0 Å². The van der Waals surface area contributed by atoms with Gasteiger partial charge in [-0.05, 0) is 36.3 Å². The molecule has 3 aromatic rings. The number of para-hydroxylation sites is 1. The molecule has 2 aromatic carbocycles. The smallest absolute Gasteiger partial charge is 0.272 e. The summed E-state index contributed by atoms with van der Waals surface area (Å²) in [6.07, 6.45) is 1.29. The Morgan fingerprint density at radius 2 is 2.04 bits per heavy atom. The Morgan fingerprint density at radius 3 is 2.72 bits per heavy atom. The molecule has 0 radical (unpaired) electrons. The second-order valence-corrected chi connectivity index (χ2v) is 6.54. The monoisotopic (exact) mass is 353 g/mol. The summed E-state index contributed by atoms with van der Waals surface area (Å²) in [6, 6.07) is 12.3. The van der Waals surface area contributed by atoms with Crippen LogP contribution in [0, 0.1) is 17.0 Å². The first-order valence-corrected chi connectivity index (χ1v) is 8.27. The molecule has 0 unspecified atom stereocenters. The maximum Gasteiger partial charge on any atom is 0.272 e. The van der Waals surface area contributed by atoms with Gasteiger partial charge in [-0.3, -0.25) is 10.1 Å². The Kier molecular flexibility index (Phi) is 4.58. The molecule has 0 saturated carbocycles. The van der Waals surface area contributed by atoms with Crippen LogP contribution in [0.5, 0.6) is 0 Å². The summed E-state index contributed by atoms with van der Waals surface area (Å²) in [6.45, 7) is 1.65. The zero-order valence-corrected chi connectivity index (χ0v) is 14.1.